The summed E-state index contributed by atoms with van der Waals surface area (Å²) in [6.07, 6.45) is 4.01. The molecule has 32 heavy (non-hydrogen) atoms. The van der Waals surface area contributed by atoms with Crippen molar-refractivity contribution in [1.29, 1.82) is 0 Å². The van der Waals surface area contributed by atoms with Crippen molar-refractivity contribution in [2.24, 2.45) is 0 Å². The van der Waals surface area contributed by atoms with Crippen LogP contribution in [0.25, 0.3) is 0 Å². The van der Waals surface area contributed by atoms with Gasteiger partial charge in [0.15, 0.2) is 0 Å². The summed E-state index contributed by atoms with van der Waals surface area (Å²) >= 11 is 1.65. The number of likely N-dealkylation sites (tertiary alicyclic amines) is 1. The summed E-state index contributed by atoms with van der Waals surface area (Å²) in [4.78, 5) is 25.2. The number of carbonyl (C=O) groups excluding carboxylic acids is 1. The molecular formula is C25H30N4O2S. The zero-order chi connectivity index (χ0) is 22.5. The van der Waals surface area contributed by atoms with Gasteiger partial charge in [-0.05, 0) is 70.0 Å². The van der Waals surface area contributed by atoms with Gasteiger partial charge < -0.3 is 10.1 Å². The van der Waals surface area contributed by atoms with Crippen LogP contribution >= 0.6 is 11.3 Å². The molecule has 4 rings (SSSR count). The highest BCUT2D eigenvalue weighted by Gasteiger charge is 2.21. The first-order valence-corrected chi connectivity index (χ1v) is 11.9. The SMILES string of the molecule is Cc1nc([C@@H](C)NC(=O)c2ccc(OC3CCN(Cc4ccccn4)CC3)cc2)c(C)s1. The molecule has 1 aliphatic heterocycles. The minimum atomic E-state index is -0.125. The number of nitrogens with one attached hydrogen (secondary N) is 1. The molecule has 0 saturated carbocycles. The fourth-order valence-corrected chi connectivity index (χ4v) is 4.99. The van der Waals surface area contributed by atoms with Gasteiger partial charge in [-0.1, -0.05) is 6.07 Å². The summed E-state index contributed by atoms with van der Waals surface area (Å²) in [5, 5.41) is 4.06. The number of ether oxygens (including phenoxy) is 1. The number of thiazole rings is 1. The zero-order valence-electron chi connectivity index (χ0n) is 18.9. The number of amides is 1. The van der Waals surface area contributed by atoms with Gasteiger partial charge in [-0.15, -0.1) is 11.3 Å². The van der Waals surface area contributed by atoms with Crippen LogP contribution in [0.1, 0.15) is 57.4 Å². The van der Waals surface area contributed by atoms with Gasteiger partial charge >= 0.3 is 0 Å². The van der Waals surface area contributed by atoms with Crippen LogP contribution in [0.15, 0.2) is 48.7 Å². The number of hydrogen-bond acceptors (Lipinski definition) is 6. The normalized spacial score (nSPS) is 16.0. The number of pyridine rings is 1. The van der Waals surface area contributed by atoms with Crippen molar-refractivity contribution in [2.75, 3.05) is 13.1 Å². The van der Waals surface area contributed by atoms with Crippen molar-refractivity contribution in [1.82, 2.24) is 20.2 Å². The van der Waals surface area contributed by atoms with Gasteiger partial charge in [0.05, 0.1) is 22.4 Å². The van der Waals surface area contributed by atoms with Gasteiger partial charge in [0.1, 0.15) is 11.9 Å². The molecule has 1 aliphatic rings. The lowest BCUT2D eigenvalue weighted by Gasteiger charge is -2.31. The summed E-state index contributed by atoms with van der Waals surface area (Å²) in [5.74, 6) is 0.709. The van der Waals surface area contributed by atoms with Crippen LogP contribution in [0.3, 0.4) is 0 Å². The number of aromatic nitrogens is 2. The number of rotatable bonds is 7. The molecule has 2 aromatic heterocycles. The van der Waals surface area contributed by atoms with E-state index in [4.69, 9.17) is 4.74 Å². The molecule has 3 heterocycles. The molecule has 168 valence electrons. The van der Waals surface area contributed by atoms with Crippen LogP contribution in [0.2, 0.25) is 0 Å². The monoisotopic (exact) mass is 450 g/mol. The smallest absolute Gasteiger partial charge is 0.251 e. The molecule has 0 bridgehead atoms. The summed E-state index contributed by atoms with van der Waals surface area (Å²) in [6, 6.07) is 13.3. The molecule has 1 aromatic carbocycles. The average Bonchev–Trinajstić information content (AvgIpc) is 3.14. The highest BCUT2D eigenvalue weighted by Crippen LogP contribution is 2.24. The zero-order valence-corrected chi connectivity index (χ0v) is 19.7. The maximum Gasteiger partial charge on any atom is 0.251 e. The Labute approximate surface area is 193 Å². The van der Waals surface area contributed by atoms with Crippen LogP contribution in [0.4, 0.5) is 0 Å². The molecule has 1 amide bonds. The standard InChI is InChI=1S/C25H30N4O2S/c1-17(24-18(2)32-19(3)28-24)27-25(30)20-7-9-22(10-8-20)31-23-11-14-29(15-12-23)16-21-6-4-5-13-26-21/h4-10,13,17,23H,11-12,14-16H2,1-3H3,(H,27,30)/t17-/m1/s1. The second-order valence-corrected chi connectivity index (χ2v) is 9.72. The molecule has 1 atom stereocenters. The van der Waals surface area contributed by atoms with Gasteiger partial charge in [-0.2, -0.15) is 0 Å². The molecule has 6 nitrogen and oxygen atoms in total. The predicted octanol–water partition coefficient (Wildman–Crippen LogP) is 4.69. The van der Waals surface area contributed by atoms with E-state index in [0.717, 1.165) is 59.5 Å². The average molecular weight is 451 g/mol. The molecule has 3 aromatic rings. The van der Waals surface area contributed by atoms with Crippen molar-refractivity contribution in [3.05, 3.63) is 75.5 Å². The third-order valence-electron chi connectivity index (χ3n) is 5.76. The fourth-order valence-electron chi connectivity index (χ4n) is 4.08. The van der Waals surface area contributed by atoms with Crippen molar-refractivity contribution < 1.29 is 9.53 Å². The highest BCUT2D eigenvalue weighted by atomic mass is 32.1. The maximum absolute atomic E-state index is 12.6. The summed E-state index contributed by atoms with van der Waals surface area (Å²) in [5.41, 5.74) is 2.67. The first-order chi connectivity index (χ1) is 15.5. The maximum atomic E-state index is 12.6. The number of nitrogens with zero attached hydrogens (tertiary/aromatic N) is 3. The van der Waals surface area contributed by atoms with Crippen molar-refractivity contribution in [2.45, 2.75) is 52.3 Å². The van der Waals surface area contributed by atoms with Crippen molar-refractivity contribution in [3.8, 4) is 5.75 Å². The van der Waals surface area contributed by atoms with E-state index in [1.165, 1.54) is 0 Å². The first kappa shape index (κ1) is 22.4. The molecule has 7 heteroatoms. The van der Waals surface area contributed by atoms with Crippen LogP contribution in [0.5, 0.6) is 5.75 Å². The molecule has 1 fully saturated rings. The van der Waals surface area contributed by atoms with E-state index in [9.17, 15) is 4.79 Å². The van der Waals surface area contributed by atoms with E-state index in [1.54, 1.807) is 11.3 Å². The van der Waals surface area contributed by atoms with Gasteiger partial charge in [0, 0.05) is 36.3 Å². The molecule has 0 aliphatic carbocycles. The quantitative estimate of drug-likeness (QED) is 0.566. The molecule has 0 radical (unpaired) electrons. The lowest BCUT2D eigenvalue weighted by molar-refractivity contribution is 0.0937. The number of aryl methyl sites for hydroxylation is 2. The van der Waals surface area contributed by atoms with E-state index in [-0.39, 0.29) is 18.1 Å². The molecule has 0 unspecified atom stereocenters. The molecule has 1 N–H and O–H groups in total. The number of benzene rings is 1. The van der Waals surface area contributed by atoms with Crippen molar-refractivity contribution in [3.63, 3.8) is 0 Å². The van der Waals surface area contributed by atoms with E-state index < -0.39 is 0 Å². The minimum absolute atomic E-state index is 0.100. The van der Waals surface area contributed by atoms with Crippen LogP contribution in [-0.2, 0) is 6.54 Å². The van der Waals surface area contributed by atoms with Gasteiger partial charge in [0.2, 0.25) is 0 Å². The largest absolute Gasteiger partial charge is 0.490 e. The Bertz CT molecular complexity index is 1030. The van der Waals surface area contributed by atoms with Gasteiger partial charge in [0.25, 0.3) is 5.91 Å². The molecular weight excluding hydrogens is 420 g/mol. The Hall–Kier alpha value is -2.77. The second kappa shape index (κ2) is 10.2. The Morgan fingerprint density at radius 1 is 1.19 bits per heavy atom. The van der Waals surface area contributed by atoms with E-state index in [1.807, 2.05) is 63.4 Å². The third kappa shape index (κ3) is 5.72. The molecule has 0 spiro atoms. The van der Waals surface area contributed by atoms with E-state index in [0.29, 0.717) is 5.56 Å². The fraction of sp³-hybridized carbons (Fsp3) is 0.400. The van der Waals surface area contributed by atoms with Crippen LogP contribution < -0.4 is 10.1 Å². The summed E-state index contributed by atoms with van der Waals surface area (Å²) in [6.45, 7) is 8.87. The third-order valence-corrected chi connectivity index (χ3v) is 6.66. The van der Waals surface area contributed by atoms with Crippen LogP contribution in [0, 0.1) is 13.8 Å². The predicted molar refractivity (Wildman–Crippen MR) is 127 cm³/mol. The Kier molecular flexibility index (Phi) is 7.17. The number of piperidine rings is 1. The topological polar surface area (TPSA) is 67.3 Å². The Morgan fingerprint density at radius 3 is 2.56 bits per heavy atom. The second-order valence-electron chi connectivity index (χ2n) is 8.31. The summed E-state index contributed by atoms with van der Waals surface area (Å²) < 4.78 is 6.17. The first-order valence-electron chi connectivity index (χ1n) is 11.1. The lowest BCUT2D eigenvalue weighted by Crippen LogP contribution is -2.37. The Balaban J connectivity index is 1.26. The lowest BCUT2D eigenvalue weighted by atomic mass is 10.1. The van der Waals surface area contributed by atoms with Gasteiger partial charge in [-0.3, -0.25) is 14.7 Å². The van der Waals surface area contributed by atoms with Crippen LogP contribution in [-0.4, -0.2) is 40.0 Å². The number of carbonyl (C=O) groups is 1. The van der Waals surface area contributed by atoms with E-state index in [2.05, 4.69) is 26.3 Å². The highest BCUT2D eigenvalue weighted by molar-refractivity contribution is 7.11. The minimum Gasteiger partial charge on any atom is -0.490 e. The van der Waals surface area contributed by atoms with Gasteiger partial charge in [-0.25, -0.2) is 4.98 Å². The molecule has 1 saturated heterocycles. The number of hydrogen-bond donors (Lipinski definition) is 1. The summed E-state index contributed by atoms with van der Waals surface area (Å²) in [7, 11) is 0. The van der Waals surface area contributed by atoms with Crippen molar-refractivity contribution >= 4 is 17.2 Å². The Morgan fingerprint density at radius 2 is 1.94 bits per heavy atom. The van der Waals surface area contributed by atoms with E-state index >= 15 is 0 Å².